The number of alkyl halides is 1. The standard InChI is InChI=1S/C13H17BrO/c1-13(9-14,11-4-5-11)8-10-2-6-12(15)7-3-10/h2-3,6-7,11,15H,4-5,8-9H2,1H3. The molecule has 0 aliphatic heterocycles. The van der Waals surface area contributed by atoms with Crippen molar-refractivity contribution < 1.29 is 5.11 Å². The van der Waals surface area contributed by atoms with Gasteiger partial charge in [-0.25, -0.2) is 0 Å². The second kappa shape index (κ2) is 4.17. The van der Waals surface area contributed by atoms with Gasteiger partial charge in [-0.2, -0.15) is 0 Å². The lowest BCUT2D eigenvalue weighted by molar-refractivity contribution is 0.318. The molecule has 0 radical (unpaired) electrons. The molecule has 1 aliphatic carbocycles. The number of halogens is 1. The van der Waals surface area contributed by atoms with Gasteiger partial charge in [-0.1, -0.05) is 35.0 Å². The molecule has 1 aromatic rings. The summed E-state index contributed by atoms with van der Waals surface area (Å²) in [5.74, 6) is 1.23. The van der Waals surface area contributed by atoms with Crippen LogP contribution in [0.3, 0.4) is 0 Å². The Balaban J connectivity index is 2.09. The summed E-state index contributed by atoms with van der Waals surface area (Å²) in [6, 6.07) is 7.60. The number of aromatic hydroxyl groups is 1. The Bertz CT molecular complexity index is 329. The van der Waals surface area contributed by atoms with Crippen molar-refractivity contribution in [1.29, 1.82) is 0 Å². The van der Waals surface area contributed by atoms with Crippen molar-refractivity contribution in [3.8, 4) is 5.75 Å². The third kappa shape index (κ3) is 2.54. The molecule has 15 heavy (non-hydrogen) atoms. The molecule has 1 N–H and O–H groups in total. The quantitative estimate of drug-likeness (QED) is 0.825. The largest absolute Gasteiger partial charge is 0.508 e. The topological polar surface area (TPSA) is 20.2 Å². The minimum absolute atomic E-state index is 0.353. The first-order valence-electron chi connectivity index (χ1n) is 5.48. The molecule has 0 saturated heterocycles. The smallest absolute Gasteiger partial charge is 0.115 e. The summed E-state index contributed by atoms with van der Waals surface area (Å²) in [4.78, 5) is 0. The second-order valence-corrected chi connectivity index (χ2v) is 5.47. The highest BCUT2D eigenvalue weighted by Gasteiger charge is 2.40. The minimum Gasteiger partial charge on any atom is -0.508 e. The van der Waals surface area contributed by atoms with Gasteiger partial charge in [0.05, 0.1) is 0 Å². The Labute approximate surface area is 99.6 Å². The Morgan fingerprint density at radius 1 is 1.33 bits per heavy atom. The maximum absolute atomic E-state index is 9.22. The van der Waals surface area contributed by atoms with E-state index in [-0.39, 0.29) is 0 Å². The summed E-state index contributed by atoms with van der Waals surface area (Å²) < 4.78 is 0. The Kier molecular flexibility index (Phi) is 3.06. The number of phenolic OH excluding ortho intramolecular Hbond substituents is 1. The van der Waals surface area contributed by atoms with Crippen molar-refractivity contribution >= 4 is 15.9 Å². The van der Waals surface area contributed by atoms with Crippen LogP contribution in [-0.4, -0.2) is 10.4 Å². The number of hydrogen-bond donors (Lipinski definition) is 1. The van der Waals surface area contributed by atoms with E-state index in [1.54, 1.807) is 12.1 Å². The van der Waals surface area contributed by atoms with E-state index in [0.29, 0.717) is 11.2 Å². The van der Waals surface area contributed by atoms with Gasteiger partial charge in [-0.15, -0.1) is 0 Å². The van der Waals surface area contributed by atoms with E-state index in [2.05, 4.69) is 22.9 Å². The van der Waals surface area contributed by atoms with Crippen LogP contribution in [0.25, 0.3) is 0 Å². The molecular formula is C13H17BrO. The van der Waals surface area contributed by atoms with Crippen LogP contribution in [0.1, 0.15) is 25.3 Å². The molecule has 1 saturated carbocycles. The normalized spacial score (nSPS) is 19.9. The van der Waals surface area contributed by atoms with Crippen molar-refractivity contribution in [3.63, 3.8) is 0 Å². The van der Waals surface area contributed by atoms with Gasteiger partial charge in [-0.05, 0) is 48.3 Å². The first-order valence-corrected chi connectivity index (χ1v) is 6.60. The fraction of sp³-hybridized carbons (Fsp3) is 0.538. The van der Waals surface area contributed by atoms with Gasteiger partial charge in [0, 0.05) is 5.33 Å². The van der Waals surface area contributed by atoms with Gasteiger partial charge in [0.25, 0.3) is 0 Å². The van der Waals surface area contributed by atoms with E-state index >= 15 is 0 Å². The van der Waals surface area contributed by atoms with Crippen LogP contribution in [0.4, 0.5) is 0 Å². The molecule has 1 aliphatic rings. The summed E-state index contributed by atoms with van der Waals surface area (Å²) in [7, 11) is 0. The second-order valence-electron chi connectivity index (χ2n) is 4.91. The predicted molar refractivity (Wildman–Crippen MR) is 66.4 cm³/mol. The van der Waals surface area contributed by atoms with Crippen molar-refractivity contribution in [2.45, 2.75) is 26.2 Å². The lowest BCUT2D eigenvalue weighted by Crippen LogP contribution is -2.24. The lowest BCUT2D eigenvalue weighted by atomic mass is 9.81. The Morgan fingerprint density at radius 2 is 1.93 bits per heavy atom. The highest BCUT2D eigenvalue weighted by atomic mass is 79.9. The fourth-order valence-corrected chi connectivity index (χ4v) is 2.82. The SMILES string of the molecule is CC(CBr)(Cc1ccc(O)cc1)C1CC1. The van der Waals surface area contributed by atoms with Crippen LogP contribution in [0, 0.1) is 11.3 Å². The summed E-state index contributed by atoms with van der Waals surface area (Å²) in [5, 5.41) is 10.3. The molecule has 1 fully saturated rings. The van der Waals surface area contributed by atoms with E-state index in [4.69, 9.17) is 0 Å². The molecule has 0 heterocycles. The first kappa shape index (κ1) is 11.0. The molecule has 2 heteroatoms. The highest BCUT2D eigenvalue weighted by molar-refractivity contribution is 9.09. The number of rotatable bonds is 4. The van der Waals surface area contributed by atoms with E-state index in [0.717, 1.165) is 17.7 Å². The van der Waals surface area contributed by atoms with Gasteiger partial charge in [0.1, 0.15) is 5.75 Å². The zero-order valence-electron chi connectivity index (χ0n) is 9.04. The molecule has 1 aromatic carbocycles. The van der Waals surface area contributed by atoms with E-state index in [1.807, 2.05) is 12.1 Å². The van der Waals surface area contributed by atoms with Crippen LogP contribution in [0.2, 0.25) is 0 Å². The van der Waals surface area contributed by atoms with E-state index in [9.17, 15) is 5.11 Å². The number of benzene rings is 1. The van der Waals surface area contributed by atoms with Gasteiger partial charge < -0.3 is 5.11 Å². The molecule has 0 bridgehead atoms. The molecule has 0 aromatic heterocycles. The minimum atomic E-state index is 0.353. The molecule has 0 spiro atoms. The van der Waals surface area contributed by atoms with Gasteiger partial charge in [0.15, 0.2) is 0 Å². The van der Waals surface area contributed by atoms with E-state index in [1.165, 1.54) is 18.4 Å². The molecular weight excluding hydrogens is 252 g/mol. The summed E-state index contributed by atoms with van der Waals surface area (Å²) in [5.41, 5.74) is 1.71. The maximum atomic E-state index is 9.22. The average Bonchev–Trinajstić information content (AvgIpc) is 3.05. The molecule has 82 valence electrons. The van der Waals surface area contributed by atoms with E-state index < -0.39 is 0 Å². The molecule has 1 unspecified atom stereocenters. The third-order valence-electron chi connectivity index (χ3n) is 3.41. The first-order chi connectivity index (χ1) is 7.14. The highest BCUT2D eigenvalue weighted by Crippen LogP contribution is 2.48. The summed E-state index contributed by atoms with van der Waals surface area (Å²) in [6.07, 6.45) is 3.85. The monoisotopic (exact) mass is 268 g/mol. The zero-order chi connectivity index (χ0) is 10.9. The van der Waals surface area contributed by atoms with Crippen molar-refractivity contribution in [2.75, 3.05) is 5.33 Å². The van der Waals surface area contributed by atoms with Crippen molar-refractivity contribution in [2.24, 2.45) is 11.3 Å². The van der Waals surface area contributed by atoms with Crippen LogP contribution in [0.5, 0.6) is 5.75 Å². The Hall–Kier alpha value is -0.500. The Morgan fingerprint density at radius 3 is 2.40 bits per heavy atom. The van der Waals surface area contributed by atoms with Crippen molar-refractivity contribution in [3.05, 3.63) is 29.8 Å². The van der Waals surface area contributed by atoms with Crippen LogP contribution >= 0.6 is 15.9 Å². The summed E-state index contributed by atoms with van der Waals surface area (Å²) >= 11 is 3.64. The summed E-state index contributed by atoms with van der Waals surface area (Å²) in [6.45, 7) is 2.35. The van der Waals surface area contributed by atoms with Crippen LogP contribution in [-0.2, 0) is 6.42 Å². The zero-order valence-corrected chi connectivity index (χ0v) is 10.6. The van der Waals surface area contributed by atoms with Gasteiger partial charge in [-0.3, -0.25) is 0 Å². The molecule has 0 amide bonds. The molecule has 2 rings (SSSR count). The number of phenols is 1. The fourth-order valence-electron chi connectivity index (χ4n) is 2.16. The predicted octanol–water partition coefficient (Wildman–Crippen LogP) is 3.75. The lowest BCUT2D eigenvalue weighted by Gasteiger charge is -2.27. The molecule has 1 atom stereocenters. The van der Waals surface area contributed by atoms with Gasteiger partial charge in [0.2, 0.25) is 0 Å². The van der Waals surface area contributed by atoms with Gasteiger partial charge >= 0.3 is 0 Å². The maximum Gasteiger partial charge on any atom is 0.115 e. The number of hydrogen-bond acceptors (Lipinski definition) is 1. The average molecular weight is 269 g/mol. The van der Waals surface area contributed by atoms with Crippen molar-refractivity contribution in [1.82, 2.24) is 0 Å². The third-order valence-corrected chi connectivity index (χ3v) is 4.69. The molecule has 1 nitrogen and oxygen atoms in total. The van der Waals surface area contributed by atoms with Crippen LogP contribution in [0.15, 0.2) is 24.3 Å². The van der Waals surface area contributed by atoms with Crippen LogP contribution < -0.4 is 0 Å².